The number of aromatic nitrogens is 1. The fraction of sp³-hybridized carbons (Fsp3) is 0.444. The van der Waals surface area contributed by atoms with E-state index >= 15 is 0 Å². The van der Waals surface area contributed by atoms with Crippen LogP contribution >= 0.6 is 11.3 Å². The number of rotatable bonds is 5. The predicted molar refractivity (Wildman–Crippen MR) is 93.5 cm³/mol. The predicted octanol–water partition coefficient (Wildman–Crippen LogP) is 3.07. The van der Waals surface area contributed by atoms with Gasteiger partial charge in [0.05, 0.1) is 23.9 Å². The zero-order chi connectivity index (χ0) is 16.4. The van der Waals surface area contributed by atoms with Gasteiger partial charge in [0, 0.05) is 23.8 Å². The van der Waals surface area contributed by atoms with Crippen LogP contribution in [0.3, 0.4) is 0 Å². The van der Waals surface area contributed by atoms with E-state index in [1.165, 1.54) is 23.4 Å². The minimum Gasteiger partial charge on any atom is -0.493 e. The first-order valence-electron chi connectivity index (χ1n) is 8.44. The summed E-state index contributed by atoms with van der Waals surface area (Å²) in [6.45, 7) is 1.75. The normalized spacial score (nSPS) is 19.2. The van der Waals surface area contributed by atoms with Gasteiger partial charge in [0.25, 0.3) is 0 Å². The van der Waals surface area contributed by atoms with Crippen LogP contribution in [0.2, 0.25) is 0 Å². The molecule has 1 aromatic carbocycles. The van der Waals surface area contributed by atoms with Crippen LogP contribution in [-0.4, -0.2) is 24.2 Å². The van der Waals surface area contributed by atoms with E-state index in [1.807, 2.05) is 23.6 Å². The topological polar surface area (TPSA) is 63.2 Å². The summed E-state index contributed by atoms with van der Waals surface area (Å²) in [6.07, 6.45) is 3.45. The summed E-state index contributed by atoms with van der Waals surface area (Å²) in [5.74, 6) is 1.95. The number of nitrogens with one attached hydrogen (secondary N) is 2. The highest BCUT2D eigenvalue weighted by Crippen LogP contribution is 2.41. The number of nitrogens with zero attached hydrogens (tertiary/aromatic N) is 1. The van der Waals surface area contributed by atoms with Gasteiger partial charge in [-0.15, -0.1) is 11.3 Å². The lowest BCUT2D eigenvalue weighted by atomic mass is 9.97. The van der Waals surface area contributed by atoms with E-state index in [-0.39, 0.29) is 6.03 Å². The molecule has 5 nitrogen and oxygen atoms in total. The molecule has 0 spiro atoms. The highest BCUT2D eigenvalue weighted by Gasteiger charge is 2.26. The van der Waals surface area contributed by atoms with E-state index in [0.29, 0.717) is 31.5 Å². The molecule has 2 heterocycles. The summed E-state index contributed by atoms with van der Waals surface area (Å²) in [6, 6.07) is 7.94. The number of hydrogen-bond donors (Lipinski definition) is 2. The monoisotopic (exact) mass is 343 g/mol. The Morgan fingerprint density at radius 1 is 1.29 bits per heavy atom. The number of amides is 2. The van der Waals surface area contributed by atoms with Gasteiger partial charge in [0.1, 0.15) is 5.75 Å². The molecule has 2 aromatic rings. The molecule has 126 valence electrons. The quantitative estimate of drug-likeness (QED) is 0.877. The molecule has 1 atom stereocenters. The molecule has 0 bridgehead atoms. The van der Waals surface area contributed by atoms with Gasteiger partial charge in [-0.2, -0.15) is 0 Å². The van der Waals surface area contributed by atoms with Gasteiger partial charge < -0.3 is 15.4 Å². The molecular weight excluding hydrogens is 322 g/mol. The molecule has 1 fully saturated rings. The van der Waals surface area contributed by atoms with Crippen LogP contribution in [0.15, 0.2) is 29.6 Å². The second-order valence-electron chi connectivity index (χ2n) is 6.50. The van der Waals surface area contributed by atoms with Crippen LogP contribution < -0.4 is 15.4 Å². The first-order valence-corrected chi connectivity index (χ1v) is 9.32. The van der Waals surface area contributed by atoms with Crippen molar-refractivity contribution in [3.8, 4) is 5.75 Å². The first kappa shape index (κ1) is 15.4. The summed E-state index contributed by atoms with van der Waals surface area (Å²) in [5, 5.41) is 9.08. The number of ether oxygens (including phenoxy) is 1. The number of carbonyl (C=O) groups is 1. The van der Waals surface area contributed by atoms with Gasteiger partial charge >= 0.3 is 6.03 Å². The van der Waals surface area contributed by atoms with E-state index in [1.54, 1.807) is 11.3 Å². The molecular formula is C18H21N3O2S. The van der Waals surface area contributed by atoms with E-state index < -0.39 is 0 Å². The Kier molecular flexibility index (Phi) is 4.38. The molecule has 0 radical (unpaired) electrons. The van der Waals surface area contributed by atoms with Crippen molar-refractivity contribution in [3.05, 3.63) is 45.9 Å². The summed E-state index contributed by atoms with van der Waals surface area (Å²) in [7, 11) is 0. The fourth-order valence-corrected chi connectivity index (χ4v) is 3.90. The lowest BCUT2D eigenvalue weighted by Crippen LogP contribution is -2.40. The maximum atomic E-state index is 12.0. The van der Waals surface area contributed by atoms with Gasteiger partial charge in [0.2, 0.25) is 0 Å². The molecule has 2 N–H and O–H groups in total. The van der Waals surface area contributed by atoms with Crippen LogP contribution in [0.25, 0.3) is 0 Å². The van der Waals surface area contributed by atoms with E-state index in [0.717, 1.165) is 17.9 Å². The smallest absolute Gasteiger partial charge is 0.315 e. The van der Waals surface area contributed by atoms with Crippen molar-refractivity contribution in [1.29, 1.82) is 0 Å². The third-order valence-corrected chi connectivity index (χ3v) is 5.49. The molecule has 1 aliphatic carbocycles. The Labute approximate surface area is 145 Å². The van der Waals surface area contributed by atoms with E-state index in [4.69, 9.17) is 4.74 Å². The second-order valence-corrected chi connectivity index (χ2v) is 7.39. The summed E-state index contributed by atoms with van der Waals surface area (Å²) >= 11 is 1.70. The van der Waals surface area contributed by atoms with Crippen molar-refractivity contribution >= 4 is 17.4 Å². The van der Waals surface area contributed by atoms with Crippen molar-refractivity contribution < 1.29 is 9.53 Å². The molecule has 0 saturated heterocycles. The third-order valence-electron chi connectivity index (χ3n) is 4.43. The van der Waals surface area contributed by atoms with Crippen LogP contribution in [0, 0.1) is 5.92 Å². The fourth-order valence-electron chi connectivity index (χ4n) is 2.91. The zero-order valence-corrected chi connectivity index (χ0v) is 14.3. The molecule has 1 aromatic heterocycles. The molecule has 2 amide bonds. The van der Waals surface area contributed by atoms with Gasteiger partial charge in [-0.25, -0.2) is 9.78 Å². The third kappa shape index (κ3) is 3.70. The van der Waals surface area contributed by atoms with Crippen molar-refractivity contribution in [3.63, 3.8) is 0 Å². The summed E-state index contributed by atoms with van der Waals surface area (Å²) in [5.41, 5.74) is 2.16. The number of urea groups is 1. The van der Waals surface area contributed by atoms with Gasteiger partial charge in [-0.05, 0) is 30.9 Å². The molecule has 1 aliphatic heterocycles. The number of para-hydroxylation sites is 1. The zero-order valence-electron chi connectivity index (χ0n) is 13.5. The average molecular weight is 343 g/mol. The molecule has 6 heteroatoms. The minimum atomic E-state index is -0.144. The first-order chi connectivity index (χ1) is 11.8. The van der Waals surface area contributed by atoms with E-state index in [9.17, 15) is 4.79 Å². The Bertz CT molecular complexity index is 727. The van der Waals surface area contributed by atoms with Crippen LogP contribution in [0.4, 0.5) is 4.79 Å². The highest BCUT2D eigenvalue weighted by atomic mass is 32.1. The number of benzene rings is 1. The van der Waals surface area contributed by atoms with Crippen molar-refractivity contribution in [1.82, 2.24) is 15.6 Å². The molecule has 4 rings (SSSR count). The number of hydrogen-bond acceptors (Lipinski definition) is 4. The minimum absolute atomic E-state index is 0.144. The average Bonchev–Trinajstić information content (AvgIpc) is 3.36. The van der Waals surface area contributed by atoms with Crippen LogP contribution in [-0.2, 0) is 13.0 Å². The summed E-state index contributed by atoms with van der Waals surface area (Å²) in [4.78, 5) is 16.5. The second kappa shape index (κ2) is 6.81. The van der Waals surface area contributed by atoms with E-state index in [2.05, 4.69) is 21.7 Å². The number of carbonyl (C=O) groups excluding carboxylic acids is 1. The Hall–Kier alpha value is -2.08. The summed E-state index contributed by atoms with van der Waals surface area (Å²) < 4.78 is 5.75. The van der Waals surface area contributed by atoms with Gasteiger partial charge in [-0.1, -0.05) is 18.2 Å². The maximum absolute atomic E-state index is 12.0. The van der Waals surface area contributed by atoms with Crippen LogP contribution in [0.1, 0.15) is 35.0 Å². The van der Waals surface area contributed by atoms with Crippen molar-refractivity contribution in [2.24, 2.45) is 5.92 Å². The maximum Gasteiger partial charge on any atom is 0.315 e. The SMILES string of the molecule is O=C(NCc1csc(C2CC2)n1)NCC1COc2ccccc2C1. The standard InChI is InChI=1S/C18H21N3O2S/c22-18(20-9-15-11-24-17(21-15)13-5-6-13)19-8-12-7-14-3-1-2-4-16(14)23-10-12/h1-4,11-13H,5-10H2,(H2,19,20,22). The van der Waals surface area contributed by atoms with Crippen molar-refractivity contribution in [2.45, 2.75) is 31.7 Å². The highest BCUT2D eigenvalue weighted by molar-refractivity contribution is 7.09. The van der Waals surface area contributed by atoms with Crippen molar-refractivity contribution in [2.75, 3.05) is 13.2 Å². The molecule has 1 saturated carbocycles. The number of thiazole rings is 1. The lowest BCUT2D eigenvalue weighted by molar-refractivity contribution is 0.211. The Morgan fingerprint density at radius 3 is 3.04 bits per heavy atom. The Balaban J connectivity index is 1.20. The van der Waals surface area contributed by atoms with Gasteiger partial charge in [-0.3, -0.25) is 0 Å². The molecule has 1 unspecified atom stereocenters. The Morgan fingerprint density at radius 2 is 2.17 bits per heavy atom. The molecule has 24 heavy (non-hydrogen) atoms. The lowest BCUT2D eigenvalue weighted by Gasteiger charge is -2.25. The largest absolute Gasteiger partial charge is 0.493 e. The van der Waals surface area contributed by atoms with Crippen LogP contribution in [0.5, 0.6) is 5.75 Å². The number of fused-ring (bicyclic) bond motifs is 1. The van der Waals surface area contributed by atoms with Gasteiger partial charge in [0.15, 0.2) is 0 Å². The molecule has 2 aliphatic rings.